The fourth-order valence-electron chi connectivity index (χ4n) is 2.52. The number of alkyl halides is 3. The molecule has 0 spiro atoms. The van der Waals surface area contributed by atoms with Crippen LogP contribution < -0.4 is 14.2 Å². The average Bonchev–Trinajstić information content (AvgIpc) is 3.08. The molecule has 10 heteroatoms. The van der Waals surface area contributed by atoms with Crippen molar-refractivity contribution < 1.29 is 36.2 Å². The van der Waals surface area contributed by atoms with Crippen molar-refractivity contribution in [2.45, 2.75) is 23.6 Å². The molecule has 2 aromatic rings. The first kappa shape index (κ1) is 19.5. The molecular weight excluding hydrogens is 387 g/mol. The normalized spacial score (nSPS) is 15.0. The molecule has 3 rings (SSSR count). The zero-order valence-electron chi connectivity index (χ0n) is 13.9. The highest BCUT2D eigenvalue weighted by Crippen LogP contribution is 2.34. The Morgan fingerprint density at radius 2 is 1.74 bits per heavy atom. The van der Waals surface area contributed by atoms with Crippen molar-refractivity contribution in [2.24, 2.45) is 0 Å². The lowest BCUT2D eigenvalue weighted by Gasteiger charge is -2.13. The Hall–Kier alpha value is -2.30. The lowest BCUT2D eigenvalue weighted by atomic mass is 10.1. The van der Waals surface area contributed by atoms with Gasteiger partial charge in [0.25, 0.3) is 0 Å². The van der Waals surface area contributed by atoms with Crippen LogP contribution in [-0.4, -0.2) is 26.9 Å². The van der Waals surface area contributed by atoms with Crippen molar-refractivity contribution in [3.05, 3.63) is 53.6 Å². The summed E-state index contributed by atoms with van der Waals surface area (Å²) in [7, 11) is -3.98. The molecule has 1 heterocycles. The maximum absolute atomic E-state index is 12.5. The SMILES string of the molecule is O=S(=O)(NCCC(O)c1ccc2c(c1)OCO2)c1ccc(C(F)(F)F)cc1. The van der Waals surface area contributed by atoms with Gasteiger partial charge in [-0.15, -0.1) is 0 Å². The molecule has 2 N–H and O–H groups in total. The van der Waals surface area contributed by atoms with Crippen molar-refractivity contribution in [1.29, 1.82) is 0 Å². The van der Waals surface area contributed by atoms with Gasteiger partial charge in [0.15, 0.2) is 11.5 Å². The van der Waals surface area contributed by atoms with Gasteiger partial charge in [-0.2, -0.15) is 13.2 Å². The summed E-state index contributed by atoms with van der Waals surface area (Å²) in [4.78, 5) is -0.284. The molecule has 0 saturated heterocycles. The van der Waals surface area contributed by atoms with Crippen LogP contribution in [-0.2, 0) is 16.2 Å². The minimum Gasteiger partial charge on any atom is -0.454 e. The molecule has 1 atom stereocenters. The van der Waals surface area contributed by atoms with Gasteiger partial charge in [-0.25, -0.2) is 13.1 Å². The molecule has 0 fully saturated rings. The number of ether oxygens (including phenoxy) is 2. The van der Waals surface area contributed by atoms with Crippen LogP contribution in [0.15, 0.2) is 47.4 Å². The van der Waals surface area contributed by atoms with Gasteiger partial charge in [0.2, 0.25) is 16.8 Å². The number of aliphatic hydroxyl groups excluding tert-OH is 1. The van der Waals surface area contributed by atoms with Crippen LogP contribution in [0.3, 0.4) is 0 Å². The van der Waals surface area contributed by atoms with E-state index in [0.29, 0.717) is 29.2 Å². The zero-order chi connectivity index (χ0) is 19.7. The lowest BCUT2D eigenvalue weighted by molar-refractivity contribution is -0.137. The Bertz CT molecular complexity index is 913. The summed E-state index contributed by atoms with van der Waals surface area (Å²) in [6.07, 6.45) is -5.42. The van der Waals surface area contributed by atoms with E-state index in [-0.39, 0.29) is 24.7 Å². The molecule has 0 saturated carbocycles. The zero-order valence-corrected chi connectivity index (χ0v) is 14.7. The summed E-state index contributed by atoms with van der Waals surface area (Å²) in [6.45, 7) is 0.000768. The van der Waals surface area contributed by atoms with Gasteiger partial charge in [0, 0.05) is 6.54 Å². The quantitative estimate of drug-likeness (QED) is 0.775. The predicted molar refractivity (Wildman–Crippen MR) is 88.8 cm³/mol. The van der Waals surface area contributed by atoms with Crippen LogP contribution in [0.1, 0.15) is 23.7 Å². The number of sulfonamides is 1. The van der Waals surface area contributed by atoms with Gasteiger partial charge < -0.3 is 14.6 Å². The Morgan fingerprint density at radius 3 is 2.41 bits per heavy atom. The van der Waals surface area contributed by atoms with E-state index in [1.54, 1.807) is 18.2 Å². The van der Waals surface area contributed by atoms with Crippen LogP contribution >= 0.6 is 0 Å². The maximum atomic E-state index is 12.5. The number of halogens is 3. The number of nitrogens with one attached hydrogen (secondary N) is 1. The molecular formula is C17H16F3NO5S. The number of fused-ring (bicyclic) bond motifs is 1. The van der Waals surface area contributed by atoms with Gasteiger partial charge in [-0.1, -0.05) is 6.07 Å². The predicted octanol–water partition coefficient (Wildman–Crippen LogP) is 2.84. The van der Waals surface area contributed by atoms with E-state index in [4.69, 9.17) is 9.47 Å². The molecule has 0 aromatic heterocycles. The molecule has 0 aliphatic carbocycles. The second-order valence-electron chi connectivity index (χ2n) is 5.84. The Labute approximate surface area is 153 Å². The summed E-state index contributed by atoms with van der Waals surface area (Å²) in [5.74, 6) is 1.06. The molecule has 1 unspecified atom stereocenters. The first-order valence-corrected chi connectivity index (χ1v) is 9.40. The molecule has 0 bridgehead atoms. The molecule has 0 radical (unpaired) electrons. The second-order valence-corrected chi connectivity index (χ2v) is 7.60. The molecule has 1 aliphatic heterocycles. The van der Waals surface area contributed by atoms with Crippen molar-refractivity contribution in [1.82, 2.24) is 4.72 Å². The van der Waals surface area contributed by atoms with E-state index in [0.717, 1.165) is 12.1 Å². The van der Waals surface area contributed by atoms with Crippen LogP contribution in [0, 0.1) is 0 Å². The van der Waals surface area contributed by atoms with E-state index >= 15 is 0 Å². The Kier molecular flexibility index (Phi) is 5.31. The lowest BCUT2D eigenvalue weighted by Crippen LogP contribution is -2.26. The maximum Gasteiger partial charge on any atom is 0.416 e. The van der Waals surface area contributed by atoms with E-state index < -0.39 is 27.9 Å². The summed E-state index contributed by atoms with van der Waals surface area (Å²) >= 11 is 0. The molecule has 146 valence electrons. The minimum atomic E-state index is -4.54. The largest absolute Gasteiger partial charge is 0.454 e. The fraction of sp³-hybridized carbons (Fsp3) is 0.294. The van der Waals surface area contributed by atoms with E-state index in [1.165, 1.54) is 0 Å². The summed E-state index contributed by atoms with van der Waals surface area (Å²) in [6, 6.07) is 8.08. The first-order valence-electron chi connectivity index (χ1n) is 7.91. The molecule has 27 heavy (non-hydrogen) atoms. The van der Waals surface area contributed by atoms with Crippen molar-refractivity contribution in [3.8, 4) is 11.5 Å². The number of rotatable bonds is 6. The smallest absolute Gasteiger partial charge is 0.416 e. The number of aliphatic hydroxyl groups is 1. The third-order valence-electron chi connectivity index (χ3n) is 3.98. The van der Waals surface area contributed by atoms with Crippen LogP contribution in [0.25, 0.3) is 0 Å². The van der Waals surface area contributed by atoms with E-state index in [1.807, 2.05) is 0 Å². The van der Waals surface area contributed by atoms with Crippen LogP contribution in [0.2, 0.25) is 0 Å². The third kappa shape index (κ3) is 4.52. The Morgan fingerprint density at radius 1 is 1.07 bits per heavy atom. The topological polar surface area (TPSA) is 84.9 Å². The third-order valence-corrected chi connectivity index (χ3v) is 5.46. The molecule has 1 aliphatic rings. The van der Waals surface area contributed by atoms with Gasteiger partial charge in [-0.05, 0) is 48.4 Å². The first-order chi connectivity index (χ1) is 12.7. The van der Waals surface area contributed by atoms with E-state index in [9.17, 15) is 26.7 Å². The monoisotopic (exact) mass is 403 g/mol. The minimum absolute atomic E-state index is 0.0690. The average molecular weight is 403 g/mol. The van der Waals surface area contributed by atoms with E-state index in [2.05, 4.69) is 4.72 Å². The standard InChI is InChI=1S/C17H16F3NO5S/c18-17(19,20)12-2-4-13(5-3-12)27(23,24)21-8-7-14(22)11-1-6-15-16(9-11)26-10-25-15/h1-6,9,14,21-22H,7-8,10H2. The Balaban J connectivity index is 1.59. The van der Waals surface area contributed by atoms with Crippen LogP contribution in [0.4, 0.5) is 13.2 Å². The van der Waals surface area contributed by atoms with Gasteiger partial charge in [0.1, 0.15) is 0 Å². The molecule has 0 amide bonds. The van der Waals surface area contributed by atoms with Gasteiger partial charge in [-0.3, -0.25) is 0 Å². The van der Waals surface area contributed by atoms with Gasteiger partial charge in [0.05, 0.1) is 16.6 Å². The summed E-state index contributed by atoms with van der Waals surface area (Å²) in [5.41, 5.74) is -0.396. The van der Waals surface area contributed by atoms with Gasteiger partial charge >= 0.3 is 6.18 Å². The highest BCUT2D eigenvalue weighted by Gasteiger charge is 2.30. The molecule has 2 aromatic carbocycles. The fourth-order valence-corrected chi connectivity index (χ4v) is 3.57. The number of benzene rings is 2. The summed E-state index contributed by atoms with van der Waals surface area (Å²) < 4.78 is 74.6. The van der Waals surface area contributed by atoms with Crippen molar-refractivity contribution in [3.63, 3.8) is 0 Å². The van der Waals surface area contributed by atoms with Crippen molar-refractivity contribution in [2.75, 3.05) is 13.3 Å². The summed E-state index contributed by atoms with van der Waals surface area (Å²) in [5, 5.41) is 10.2. The second kappa shape index (κ2) is 7.37. The number of hydrogen-bond acceptors (Lipinski definition) is 5. The van der Waals surface area contributed by atoms with Crippen molar-refractivity contribution >= 4 is 10.0 Å². The van der Waals surface area contributed by atoms with Crippen LogP contribution in [0.5, 0.6) is 11.5 Å². The number of hydrogen-bond donors (Lipinski definition) is 2. The molecule has 6 nitrogen and oxygen atoms in total. The highest BCUT2D eigenvalue weighted by atomic mass is 32.2. The highest BCUT2D eigenvalue weighted by molar-refractivity contribution is 7.89.